The molecule has 32 heavy (non-hydrogen) atoms. The first kappa shape index (κ1) is 25.3. The van der Waals surface area contributed by atoms with E-state index in [0.717, 1.165) is 37.0 Å². The van der Waals surface area contributed by atoms with Gasteiger partial charge >= 0.3 is 6.18 Å². The molecule has 0 saturated carbocycles. The standard InChI is InChI=1S/C15H13F3O.C11H17NO/c1-11-6-8-13(9-7-11)19-10-12-4-2-3-5-14(12)15(16,17)18;1-10-4-6-11(7-5-10)13-9-3-8-12-2/h2-9H,10H2,1H3;4-7,12H,3,8-9H2,1-2H3. The van der Waals surface area contributed by atoms with Gasteiger partial charge in [0.25, 0.3) is 0 Å². The lowest BCUT2D eigenvalue weighted by Crippen LogP contribution is -2.11. The van der Waals surface area contributed by atoms with Crippen molar-refractivity contribution in [2.75, 3.05) is 20.2 Å². The normalized spacial score (nSPS) is 10.8. The van der Waals surface area contributed by atoms with Crippen LogP contribution < -0.4 is 14.8 Å². The molecule has 0 saturated heterocycles. The third-order valence-corrected chi connectivity index (χ3v) is 4.60. The summed E-state index contributed by atoms with van der Waals surface area (Å²) in [5.74, 6) is 1.52. The lowest BCUT2D eigenvalue weighted by atomic mass is 10.1. The van der Waals surface area contributed by atoms with Gasteiger partial charge in [0.2, 0.25) is 0 Å². The maximum absolute atomic E-state index is 12.8. The molecule has 6 heteroatoms. The van der Waals surface area contributed by atoms with Crippen molar-refractivity contribution in [3.05, 3.63) is 95.1 Å². The van der Waals surface area contributed by atoms with Gasteiger partial charge in [-0.05, 0) is 64.2 Å². The maximum Gasteiger partial charge on any atom is 0.416 e. The Hall–Kier alpha value is -2.99. The molecule has 0 amide bonds. The zero-order valence-electron chi connectivity index (χ0n) is 18.7. The summed E-state index contributed by atoms with van der Waals surface area (Å²) in [5.41, 5.74) is 1.82. The summed E-state index contributed by atoms with van der Waals surface area (Å²) in [6.07, 6.45) is -3.31. The zero-order valence-corrected chi connectivity index (χ0v) is 18.7. The number of alkyl halides is 3. The van der Waals surface area contributed by atoms with Gasteiger partial charge in [-0.3, -0.25) is 0 Å². The van der Waals surface area contributed by atoms with E-state index in [0.29, 0.717) is 5.75 Å². The van der Waals surface area contributed by atoms with Crippen LogP contribution in [0.1, 0.15) is 28.7 Å². The predicted octanol–water partition coefficient (Wildman–Crippen LogP) is 6.58. The molecule has 0 aliphatic heterocycles. The largest absolute Gasteiger partial charge is 0.494 e. The molecule has 0 heterocycles. The monoisotopic (exact) mass is 445 g/mol. The van der Waals surface area contributed by atoms with Gasteiger partial charge in [0.05, 0.1) is 12.2 Å². The second-order valence-electron chi connectivity index (χ2n) is 7.38. The number of benzene rings is 3. The fraction of sp³-hybridized carbons (Fsp3) is 0.308. The molecule has 3 aromatic carbocycles. The molecule has 0 bridgehead atoms. The Morgan fingerprint density at radius 1 is 0.750 bits per heavy atom. The van der Waals surface area contributed by atoms with Crippen molar-refractivity contribution in [2.45, 2.75) is 33.1 Å². The van der Waals surface area contributed by atoms with Crippen molar-refractivity contribution in [1.82, 2.24) is 5.32 Å². The second kappa shape index (κ2) is 12.8. The highest BCUT2D eigenvalue weighted by Gasteiger charge is 2.32. The average molecular weight is 446 g/mol. The van der Waals surface area contributed by atoms with Crippen molar-refractivity contribution >= 4 is 0 Å². The van der Waals surface area contributed by atoms with Crippen molar-refractivity contribution in [2.24, 2.45) is 0 Å². The molecule has 0 fully saturated rings. The number of aryl methyl sites for hydroxylation is 2. The fourth-order valence-electron chi connectivity index (χ4n) is 2.79. The van der Waals surface area contributed by atoms with Gasteiger partial charge in [0.1, 0.15) is 18.1 Å². The van der Waals surface area contributed by atoms with Gasteiger partial charge in [-0.25, -0.2) is 0 Å². The van der Waals surface area contributed by atoms with E-state index in [-0.39, 0.29) is 12.2 Å². The number of rotatable bonds is 8. The Labute approximate surface area is 188 Å². The van der Waals surface area contributed by atoms with E-state index in [9.17, 15) is 13.2 Å². The van der Waals surface area contributed by atoms with Gasteiger partial charge in [0.15, 0.2) is 0 Å². The number of nitrogens with one attached hydrogen (secondary N) is 1. The molecule has 0 unspecified atom stereocenters. The highest BCUT2D eigenvalue weighted by molar-refractivity contribution is 5.31. The highest BCUT2D eigenvalue weighted by atomic mass is 19.4. The molecule has 3 rings (SSSR count). The molecular formula is C26H30F3NO2. The molecule has 3 nitrogen and oxygen atoms in total. The van der Waals surface area contributed by atoms with E-state index in [2.05, 4.69) is 24.4 Å². The van der Waals surface area contributed by atoms with Crippen LogP contribution in [0.15, 0.2) is 72.8 Å². The predicted molar refractivity (Wildman–Crippen MR) is 122 cm³/mol. The zero-order chi connectivity index (χ0) is 23.4. The first-order chi connectivity index (χ1) is 15.3. The number of halogens is 3. The van der Waals surface area contributed by atoms with Crippen molar-refractivity contribution < 1.29 is 22.6 Å². The third kappa shape index (κ3) is 9.02. The first-order valence-corrected chi connectivity index (χ1v) is 10.5. The Morgan fingerprint density at radius 3 is 1.81 bits per heavy atom. The second-order valence-corrected chi connectivity index (χ2v) is 7.38. The Kier molecular flexibility index (Phi) is 10.1. The lowest BCUT2D eigenvalue weighted by molar-refractivity contribution is -0.138. The van der Waals surface area contributed by atoms with E-state index >= 15 is 0 Å². The minimum absolute atomic E-state index is 0.0985. The summed E-state index contributed by atoms with van der Waals surface area (Å²) in [7, 11) is 1.95. The lowest BCUT2D eigenvalue weighted by Gasteiger charge is -2.13. The minimum Gasteiger partial charge on any atom is -0.494 e. The van der Waals surface area contributed by atoms with Gasteiger partial charge in [0, 0.05) is 5.56 Å². The Bertz CT molecular complexity index is 923. The number of hydrogen-bond acceptors (Lipinski definition) is 3. The van der Waals surface area contributed by atoms with Gasteiger partial charge in [-0.2, -0.15) is 13.2 Å². The molecule has 0 atom stereocenters. The molecule has 0 aliphatic carbocycles. The van der Waals surface area contributed by atoms with Crippen LogP contribution in [0.2, 0.25) is 0 Å². The first-order valence-electron chi connectivity index (χ1n) is 10.5. The van der Waals surface area contributed by atoms with E-state index < -0.39 is 11.7 Å². The summed E-state index contributed by atoms with van der Waals surface area (Å²) in [4.78, 5) is 0. The number of hydrogen-bond donors (Lipinski definition) is 1. The van der Waals surface area contributed by atoms with Crippen LogP contribution in [0.4, 0.5) is 13.2 Å². The fourth-order valence-corrected chi connectivity index (χ4v) is 2.79. The van der Waals surface area contributed by atoms with E-state index in [4.69, 9.17) is 9.47 Å². The van der Waals surface area contributed by atoms with Crippen LogP contribution in [0.5, 0.6) is 11.5 Å². The van der Waals surface area contributed by atoms with Crippen LogP contribution in [-0.4, -0.2) is 20.2 Å². The third-order valence-electron chi connectivity index (χ3n) is 4.60. The van der Waals surface area contributed by atoms with E-state index in [1.165, 1.54) is 17.7 Å². The quantitative estimate of drug-likeness (QED) is 0.398. The summed E-state index contributed by atoms with van der Waals surface area (Å²) < 4.78 is 49.2. The van der Waals surface area contributed by atoms with Gasteiger partial charge in [-0.1, -0.05) is 53.6 Å². The van der Waals surface area contributed by atoms with Crippen LogP contribution in [0, 0.1) is 13.8 Å². The molecule has 0 spiro atoms. The molecule has 172 valence electrons. The van der Waals surface area contributed by atoms with Crippen molar-refractivity contribution in [3.63, 3.8) is 0 Å². The Morgan fingerprint density at radius 2 is 1.28 bits per heavy atom. The topological polar surface area (TPSA) is 30.5 Å². The molecule has 0 radical (unpaired) electrons. The summed E-state index contributed by atoms with van der Waals surface area (Å²) in [6.45, 7) is 5.70. The molecule has 0 aliphatic rings. The maximum atomic E-state index is 12.8. The average Bonchev–Trinajstić information content (AvgIpc) is 2.78. The molecule has 0 aromatic heterocycles. The van der Waals surface area contributed by atoms with Gasteiger partial charge in [-0.15, -0.1) is 0 Å². The van der Waals surface area contributed by atoms with Crippen LogP contribution in [0.25, 0.3) is 0 Å². The Balaban J connectivity index is 0.000000244. The van der Waals surface area contributed by atoms with Crippen LogP contribution in [-0.2, 0) is 12.8 Å². The van der Waals surface area contributed by atoms with E-state index in [1.54, 1.807) is 18.2 Å². The SMILES string of the molecule is CNCCCOc1ccc(C)cc1.Cc1ccc(OCc2ccccc2C(F)(F)F)cc1. The molecule has 1 N–H and O–H groups in total. The summed E-state index contributed by atoms with van der Waals surface area (Å²) in [6, 6.07) is 20.8. The summed E-state index contributed by atoms with van der Waals surface area (Å²) in [5, 5.41) is 3.08. The van der Waals surface area contributed by atoms with Gasteiger partial charge < -0.3 is 14.8 Å². The van der Waals surface area contributed by atoms with Crippen molar-refractivity contribution in [1.29, 1.82) is 0 Å². The van der Waals surface area contributed by atoms with Crippen LogP contribution in [0.3, 0.4) is 0 Å². The molecule has 3 aromatic rings. The smallest absolute Gasteiger partial charge is 0.416 e. The number of ether oxygens (including phenoxy) is 2. The summed E-state index contributed by atoms with van der Waals surface area (Å²) >= 11 is 0. The van der Waals surface area contributed by atoms with E-state index in [1.807, 2.05) is 38.2 Å². The highest BCUT2D eigenvalue weighted by Crippen LogP contribution is 2.32. The van der Waals surface area contributed by atoms with Crippen LogP contribution >= 0.6 is 0 Å². The minimum atomic E-state index is -4.35. The van der Waals surface area contributed by atoms with Crippen molar-refractivity contribution in [3.8, 4) is 11.5 Å². The molecular weight excluding hydrogens is 415 g/mol.